The number of piperidine rings is 1. The fourth-order valence-corrected chi connectivity index (χ4v) is 4.37. The number of rotatable bonds is 4. The molecule has 0 aromatic carbocycles. The fraction of sp³-hybridized carbons (Fsp3) is 0.600. The van der Waals surface area contributed by atoms with Gasteiger partial charge < -0.3 is 15.1 Å². The number of nitrogens with one attached hydrogen (secondary N) is 1. The highest BCUT2D eigenvalue weighted by Crippen LogP contribution is 2.35. The standard InChI is InChI=1S/C20H26N4O3/c25-18(22-13-15-5-3-9-21-12-15)17-11-20(27-23-17)8-4-10-24(14-20)19(26)16-6-1-2-7-16/h3,5,9,12,16H,1-2,4,6-8,10-11,13-14H2,(H,22,25)/t20-/m1/s1. The van der Waals surface area contributed by atoms with Gasteiger partial charge in [-0.2, -0.15) is 0 Å². The molecular weight excluding hydrogens is 344 g/mol. The van der Waals surface area contributed by atoms with Crippen LogP contribution in [0.15, 0.2) is 29.7 Å². The van der Waals surface area contributed by atoms with Crippen LogP contribution in [-0.4, -0.2) is 46.1 Å². The van der Waals surface area contributed by atoms with E-state index in [2.05, 4.69) is 15.5 Å². The molecule has 4 rings (SSSR count). The summed E-state index contributed by atoms with van der Waals surface area (Å²) in [6.07, 6.45) is 9.90. The summed E-state index contributed by atoms with van der Waals surface area (Å²) in [6, 6.07) is 3.75. The molecule has 3 aliphatic rings. The lowest BCUT2D eigenvalue weighted by atomic mass is 9.87. The minimum atomic E-state index is -0.534. The van der Waals surface area contributed by atoms with Crippen LogP contribution in [-0.2, 0) is 21.0 Å². The SMILES string of the molecule is O=C(NCc1cccnc1)C1=NO[C@]2(CCCN(C(=O)C3CCCC3)C2)C1. The second-order valence-corrected chi connectivity index (χ2v) is 7.88. The van der Waals surface area contributed by atoms with E-state index in [1.165, 1.54) is 0 Å². The third kappa shape index (κ3) is 3.96. The van der Waals surface area contributed by atoms with E-state index in [0.717, 1.165) is 50.6 Å². The van der Waals surface area contributed by atoms with E-state index in [4.69, 9.17) is 4.84 Å². The van der Waals surface area contributed by atoms with Crippen molar-refractivity contribution in [2.24, 2.45) is 11.1 Å². The van der Waals surface area contributed by atoms with Gasteiger partial charge in [-0.15, -0.1) is 0 Å². The number of carbonyl (C=O) groups excluding carboxylic acids is 2. The first-order valence-electron chi connectivity index (χ1n) is 9.86. The van der Waals surface area contributed by atoms with Crippen molar-refractivity contribution in [2.75, 3.05) is 13.1 Å². The van der Waals surface area contributed by atoms with Crippen LogP contribution in [0.1, 0.15) is 50.5 Å². The van der Waals surface area contributed by atoms with E-state index in [1.54, 1.807) is 12.4 Å². The lowest BCUT2D eigenvalue weighted by molar-refractivity contribution is -0.144. The third-order valence-electron chi connectivity index (χ3n) is 5.83. The Labute approximate surface area is 159 Å². The van der Waals surface area contributed by atoms with Crippen LogP contribution in [0.2, 0.25) is 0 Å². The summed E-state index contributed by atoms with van der Waals surface area (Å²) in [5, 5.41) is 6.94. The quantitative estimate of drug-likeness (QED) is 0.879. The van der Waals surface area contributed by atoms with Gasteiger partial charge in [0.2, 0.25) is 5.91 Å². The Kier molecular flexibility index (Phi) is 5.09. The van der Waals surface area contributed by atoms with Crippen molar-refractivity contribution in [3.05, 3.63) is 30.1 Å². The number of amides is 2. The Balaban J connectivity index is 1.32. The second kappa shape index (κ2) is 7.66. The van der Waals surface area contributed by atoms with Crippen LogP contribution in [0.3, 0.4) is 0 Å². The molecule has 2 amide bonds. The number of oxime groups is 1. The number of likely N-dealkylation sites (tertiary alicyclic amines) is 1. The summed E-state index contributed by atoms with van der Waals surface area (Å²) in [5.41, 5.74) is 0.813. The highest BCUT2D eigenvalue weighted by atomic mass is 16.7. The summed E-state index contributed by atoms with van der Waals surface area (Å²) in [6.45, 7) is 1.72. The van der Waals surface area contributed by atoms with E-state index in [1.807, 2.05) is 17.0 Å². The minimum absolute atomic E-state index is 0.171. The van der Waals surface area contributed by atoms with Crippen LogP contribution in [0.4, 0.5) is 0 Å². The van der Waals surface area contributed by atoms with Crippen molar-refractivity contribution in [2.45, 2.75) is 57.1 Å². The zero-order valence-electron chi connectivity index (χ0n) is 15.5. The second-order valence-electron chi connectivity index (χ2n) is 7.88. The van der Waals surface area contributed by atoms with Gasteiger partial charge in [-0.25, -0.2) is 0 Å². The highest BCUT2D eigenvalue weighted by Gasteiger charge is 2.46. The normalized spacial score (nSPS) is 25.3. The van der Waals surface area contributed by atoms with Gasteiger partial charge in [0.15, 0.2) is 5.60 Å². The first kappa shape index (κ1) is 17.9. The molecule has 3 heterocycles. The Bertz CT molecular complexity index is 730. The van der Waals surface area contributed by atoms with Crippen molar-refractivity contribution in [1.82, 2.24) is 15.2 Å². The first-order chi connectivity index (χ1) is 13.2. The number of aromatic nitrogens is 1. The van der Waals surface area contributed by atoms with Crippen LogP contribution in [0.5, 0.6) is 0 Å². The van der Waals surface area contributed by atoms with Crippen molar-refractivity contribution in [1.29, 1.82) is 0 Å². The molecule has 7 nitrogen and oxygen atoms in total. The van der Waals surface area contributed by atoms with Gasteiger partial charge in [0.25, 0.3) is 5.91 Å². The lowest BCUT2D eigenvalue weighted by Crippen LogP contribution is -2.52. The molecule has 2 fully saturated rings. The van der Waals surface area contributed by atoms with Gasteiger partial charge in [-0.05, 0) is 37.3 Å². The predicted molar refractivity (Wildman–Crippen MR) is 99.7 cm³/mol. The summed E-state index contributed by atoms with van der Waals surface area (Å²) in [4.78, 5) is 36.9. The molecule has 1 aromatic rings. The van der Waals surface area contributed by atoms with E-state index in [-0.39, 0.29) is 17.7 Å². The Morgan fingerprint density at radius 1 is 1.30 bits per heavy atom. The molecule has 1 aliphatic carbocycles. The van der Waals surface area contributed by atoms with Crippen molar-refractivity contribution in [3.63, 3.8) is 0 Å². The average molecular weight is 370 g/mol. The average Bonchev–Trinajstić information content (AvgIpc) is 3.37. The van der Waals surface area contributed by atoms with Crippen LogP contribution in [0, 0.1) is 5.92 Å². The van der Waals surface area contributed by atoms with E-state index in [0.29, 0.717) is 25.2 Å². The first-order valence-corrected chi connectivity index (χ1v) is 9.86. The molecule has 144 valence electrons. The van der Waals surface area contributed by atoms with Gasteiger partial charge in [-0.3, -0.25) is 14.6 Å². The Hall–Kier alpha value is -2.44. The van der Waals surface area contributed by atoms with E-state index >= 15 is 0 Å². The predicted octanol–water partition coefficient (Wildman–Crippen LogP) is 2.03. The van der Waals surface area contributed by atoms with Crippen molar-refractivity contribution < 1.29 is 14.4 Å². The molecule has 2 aliphatic heterocycles. The largest absolute Gasteiger partial charge is 0.386 e. The summed E-state index contributed by atoms with van der Waals surface area (Å²) < 4.78 is 0. The molecular formula is C20H26N4O3. The van der Waals surface area contributed by atoms with Gasteiger partial charge >= 0.3 is 0 Å². The van der Waals surface area contributed by atoms with Crippen LogP contribution >= 0.6 is 0 Å². The molecule has 7 heteroatoms. The molecule has 0 radical (unpaired) electrons. The fourth-order valence-electron chi connectivity index (χ4n) is 4.37. The number of hydrogen-bond donors (Lipinski definition) is 1. The van der Waals surface area contributed by atoms with Gasteiger partial charge in [-0.1, -0.05) is 24.1 Å². The van der Waals surface area contributed by atoms with Crippen LogP contribution < -0.4 is 5.32 Å². The summed E-state index contributed by atoms with van der Waals surface area (Å²) >= 11 is 0. The number of carbonyl (C=O) groups is 2. The molecule has 0 bridgehead atoms. The molecule has 1 saturated carbocycles. The zero-order valence-corrected chi connectivity index (χ0v) is 15.5. The Morgan fingerprint density at radius 2 is 2.15 bits per heavy atom. The molecule has 27 heavy (non-hydrogen) atoms. The number of hydrogen-bond acceptors (Lipinski definition) is 5. The molecule has 1 saturated heterocycles. The van der Waals surface area contributed by atoms with Crippen molar-refractivity contribution >= 4 is 17.5 Å². The molecule has 1 atom stereocenters. The van der Waals surface area contributed by atoms with E-state index in [9.17, 15) is 9.59 Å². The number of nitrogens with zero attached hydrogens (tertiary/aromatic N) is 3. The molecule has 1 N–H and O–H groups in total. The molecule has 1 spiro atoms. The van der Waals surface area contributed by atoms with Crippen molar-refractivity contribution in [3.8, 4) is 0 Å². The van der Waals surface area contributed by atoms with Crippen LogP contribution in [0.25, 0.3) is 0 Å². The van der Waals surface area contributed by atoms with E-state index < -0.39 is 5.60 Å². The zero-order chi connectivity index (χ0) is 18.7. The third-order valence-corrected chi connectivity index (χ3v) is 5.83. The summed E-state index contributed by atoms with van der Waals surface area (Å²) in [7, 11) is 0. The summed E-state index contributed by atoms with van der Waals surface area (Å²) in [5.74, 6) is 0.212. The maximum absolute atomic E-state index is 12.8. The Morgan fingerprint density at radius 3 is 2.93 bits per heavy atom. The topological polar surface area (TPSA) is 83.9 Å². The monoisotopic (exact) mass is 370 g/mol. The van der Waals surface area contributed by atoms with Gasteiger partial charge in [0.05, 0.1) is 6.54 Å². The van der Waals surface area contributed by atoms with Gasteiger partial charge in [0.1, 0.15) is 5.71 Å². The number of pyridine rings is 1. The molecule has 0 unspecified atom stereocenters. The maximum atomic E-state index is 12.8. The molecule has 1 aromatic heterocycles. The minimum Gasteiger partial charge on any atom is -0.386 e. The van der Waals surface area contributed by atoms with Gasteiger partial charge in [0, 0.05) is 37.8 Å². The smallest absolute Gasteiger partial charge is 0.269 e. The lowest BCUT2D eigenvalue weighted by Gasteiger charge is -2.39. The maximum Gasteiger partial charge on any atom is 0.269 e. The highest BCUT2D eigenvalue weighted by molar-refractivity contribution is 6.39.